The fourth-order valence-electron chi connectivity index (χ4n) is 0.387. The standard InChI is InChI=1S/C6H14O3.HI/c1-7-3-5-9-6-4-8-2;/h3-6H2,1-2H3;1H. The average molecular weight is 262 g/mol. The lowest BCUT2D eigenvalue weighted by Crippen LogP contribution is -2.06. The largest absolute Gasteiger partial charge is 0.382 e. The topological polar surface area (TPSA) is 27.7 Å². The lowest BCUT2D eigenvalue weighted by Gasteiger charge is -2.00. The summed E-state index contributed by atoms with van der Waals surface area (Å²) >= 11 is 0. The van der Waals surface area contributed by atoms with Gasteiger partial charge < -0.3 is 14.2 Å². The van der Waals surface area contributed by atoms with Crippen LogP contribution in [0, 0.1) is 0 Å². The number of ether oxygens (including phenoxy) is 3. The minimum atomic E-state index is 0. The molecule has 64 valence electrons. The Morgan fingerprint density at radius 2 is 1.20 bits per heavy atom. The Hall–Kier alpha value is 0.610. The quantitative estimate of drug-likeness (QED) is 0.526. The summed E-state index contributed by atoms with van der Waals surface area (Å²) in [5.74, 6) is 0. The summed E-state index contributed by atoms with van der Waals surface area (Å²) in [5.41, 5.74) is 0. The lowest BCUT2D eigenvalue weighted by molar-refractivity contribution is 0.0385. The molecular weight excluding hydrogens is 247 g/mol. The van der Waals surface area contributed by atoms with E-state index in [0.29, 0.717) is 26.4 Å². The van der Waals surface area contributed by atoms with E-state index in [1.54, 1.807) is 14.2 Å². The summed E-state index contributed by atoms with van der Waals surface area (Å²) in [4.78, 5) is 0. The van der Waals surface area contributed by atoms with Crippen molar-refractivity contribution in [2.45, 2.75) is 0 Å². The van der Waals surface area contributed by atoms with Crippen LogP contribution in [0.5, 0.6) is 0 Å². The van der Waals surface area contributed by atoms with E-state index in [4.69, 9.17) is 14.2 Å². The maximum atomic E-state index is 5.06. The van der Waals surface area contributed by atoms with Crippen molar-refractivity contribution in [2.24, 2.45) is 0 Å². The number of methoxy groups -OCH3 is 2. The first-order valence-corrected chi connectivity index (χ1v) is 2.97. The molecule has 0 aliphatic heterocycles. The summed E-state index contributed by atoms with van der Waals surface area (Å²) in [5, 5.41) is 0. The molecule has 0 aromatic carbocycles. The van der Waals surface area contributed by atoms with Crippen molar-refractivity contribution in [3.63, 3.8) is 0 Å². The molecule has 0 aliphatic rings. The molecule has 0 aromatic heterocycles. The predicted molar refractivity (Wildman–Crippen MR) is 50.0 cm³/mol. The van der Waals surface area contributed by atoms with Crippen LogP contribution in [-0.2, 0) is 14.2 Å². The van der Waals surface area contributed by atoms with Gasteiger partial charge in [0.15, 0.2) is 0 Å². The van der Waals surface area contributed by atoms with Crippen LogP contribution < -0.4 is 0 Å². The first-order valence-electron chi connectivity index (χ1n) is 2.97. The van der Waals surface area contributed by atoms with Crippen molar-refractivity contribution in [3.05, 3.63) is 0 Å². The molecule has 0 amide bonds. The van der Waals surface area contributed by atoms with Crippen LogP contribution in [0.1, 0.15) is 0 Å². The van der Waals surface area contributed by atoms with Crippen molar-refractivity contribution in [1.29, 1.82) is 0 Å². The van der Waals surface area contributed by atoms with Crippen molar-refractivity contribution in [3.8, 4) is 0 Å². The second-order valence-electron chi connectivity index (χ2n) is 1.60. The zero-order valence-electron chi connectivity index (χ0n) is 6.46. The number of rotatable bonds is 6. The molecule has 3 nitrogen and oxygen atoms in total. The Balaban J connectivity index is 0. The molecule has 0 saturated heterocycles. The van der Waals surface area contributed by atoms with Gasteiger partial charge in [-0.1, -0.05) is 0 Å². The Labute approximate surface area is 79.0 Å². The molecule has 0 radical (unpaired) electrons. The number of hydrogen-bond donors (Lipinski definition) is 0. The zero-order valence-corrected chi connectivity index (χ0v) is 8.79. The Morgan fingerprint density at radius 3 is 1.50 bits per heavy atom. The van der Waals surface area contributed by atoms with Gasteiger partial charge in [-0.15, -0.1) is 24.0 Å². The lowest BCUT2D eigenvalue weighted by atomic mass is 10.7. The monoisotopic (exact) mass is 262 g/mol. The summed E-state index contributed by atoms with van der Waals surface area (Å²) in [6, 6.07) is 0. The fourth-order valence-corrected chi connectivity index (χ4v) is 0.387. The molecule has 0 unspecified atom stereocenters. The van der Waals surface area contributed by atoms with Gasteiger partial charge in [0.2, 0.25) is 0 Å². The Morgan fingerprint density at radius 1 is 0.800 bits per heavy atom. The van der Waals surface area contributed by atoms with E-state index in [-0.39, 0.29) is 24.0 Å². The first-order chi connectivity index (χ1) is 4.41. The summed E-state index contributed by atoms with van der Waals surface area (Å²) in [6.07, 6.45) is 0. The highest BCUT2D eigenvalue weighted by atomic mass is 127. The second kappa shape index (κ2) is 12.3. The molecule has 0 N–H and O–H groups in total. The van der Waals surface area contributed by atoms with Crippen LogP contribution >= 0.6 is 24.0 Å². The molecule has 10 heavy (non-hydrogen) atoms. The highest BCUT2D eigenvalue weighted by Crippen LogP contribution is 1.75. The van der Waals surface area contributed by atoms with Gasteiger partial charge in [-0.3, -0.25) is 0 Å². The third-order valence-electron chi connectivity index (χ3n) is 0.864. The van der Waals surface area contributed by atoms with Gasteiger partial charge in [-0.05, 0) is 0 Å². The van der Waals surface area contributed by atoms with Crippen LogP contribution in [0.25, 0.3) is 0 Å². The SMILES string of the molecule is COCCOCCOC.I. The van der Waals surface area contributed by atoms with Gasteiger partial charge in [0.05, 0.1) is 26.4 Å². The van der Waals surface area contributed by atoms with E-state index >= 15 is 0 Å². The van der Waals surface area contributed by atoms with Crippen molar-refractivity contribution < 1.29 is 14.2 Å². The smallest absolute Gasteiger partial charge is 0.0701 e. The summed E-state index contributed by atoms with van der Waals surface area (Å²) in [7, 11) is 3.30. The van der Waals surface area contributed by atoms with Crippen molar-refractivity contribution in [1.82, 2.24) is 0 Å². The van der Waals surface area contributed by atoms with Gasteiger partial charge in [0, 0.05) is 14.2 Å². The molecule has 4 heteroatoms. The predicted octanol–water partition coefficient (Wildman–Crippen LogP) is 0.914. The molecule has 0 aliphatic carbocycles. The third-order valence-corrected chi connectivity index (χ3v) is 0.864. The van der Waals surface area contributed by atoms with Gasteiger partial charge in [0.25, 0.3) is 0 Å². The van der Waals surface area contributed by atoms with Crippen LogP contribution in [0.3, 0.4) is 0 Å². The van der Waals surface area contributed by atoms with Gasteiger partial charge in [0.1, 0.15) is 0 Å². The molecular formula is C6H15IO3. The Kier molecular flexibility index (Phi) is 16.3. The maximum Gasteiger partial charge on any atom is 0.0701 e. The van der Waals surface area contributed by atoms with Crippen LogP contribution in [0.15, 0.2) is 0 Å². The summed E-state index contributed by atoms with van der Waals surface area (Å²) < 4.78 is 14.6. The average Bonchev–Trinajstić information content (AvgIpc) is 1.89. The van der Waals surface area contributed by atoms with E-state index in [9.17, 15) is 0 Å². The van der Waals surface area contributed by atoms with E-state index in [0.717, 1.165) is 0 Å². The highest BCUT2D eigenvalue weighted by molar-refractivity contribution is 14.0. The maximum absolute atomic E-state index is 5.06. The van der Waals surface area contributed by atoms with Gasteiger partial charge in [-0.25, -0.2) is 0 Å². The van der Waals surface area contributed by atoms with E-state index < -0.39 is 0 Å². The Bertz CT molecular complexity index is 46.3. The van der Waals surface area contributed by atoms with Gasteiger partial charge >= 0.3 is 0 Å². The molecule has 0 spiro atoms. The minimum absolute atomic E-state index is 0. The van der Waals surface area contributed by atoms with E-state index in [1.165, 1.54) is 0 Å². The molecule has 0 saturated carbocycles. The van der Waals surface area contributed by atoms with Crippen LogP contribution in [-0.4, -0.2) is 40.6 Å². The molecule has 0 atom stereocenters. The molecule has 0 fully saturated rings. The normalized spacial score (nSPS) is 9.00. The molecule has 0 bridgehead atoms. The number of halogens is 1. The first kappa shape index (κ1) is 13.2. The van der Waals surface area contributed by atoms with E-state index in [1.807, 2.05) is 0 Å². The van der Waals surface area contributed by atoms with Crippen LogP contribution in [0.2, 0.25) is 0 Å². The second-order valence-corrected chi connectivity index (χ2v) is 1.60. The molecule has 0 rings (SSSR count). The highest BCUT2D eigenvalue weighted by Gasteiger charge is 1.84. The zero-order chi connectivity index (χ0) is 6.95. The van der Waals surface area contributed by atoms with E-state index in [2.05, 4.69) is 0 Å². The van der Waals surface area contributed by atoms with Crippen molar-refractivity contribution in [2.75, 3.05) is 40.6 Å². The third kappa shape index (κ3) is 11.4. The van der Waals surface area contributed by atoms with Gasteiger partial charge in [-0.2, -0.15) is 0 Å². The fraction of sp³-hybridized carbons (Fsp3) is 1.00. The van der Waals surface area contributed by atoms with Crippen molar-refractivity contribution >= 4 is 24.0 Å². The molecule has 0 heterocycles. The minimum Gasteiger partial charge on any atom is -0.382 e. The summed E-state index contributed by atoms with van der Waals surface area (Å²) in [6.45, 7) is 2.62. The molecule has 0 aromatic rings. The van der Waals surface area contributed by atoms with Crippen LogP contribution in [0.4, 0.5) is 0 Å². The number of hydrogen-bond acceptors (Lipinski definition) is 3.